The standard InChI is InChI=1S/C13H28S/c1-8-11(2)13(6,7)10-14-9-12(3,4)5/h11H,8-10H2,1-7H3. The summed E-state index contributed by atoms with van der Waals surface area (Å²) in [5.74, 6) is 3.39. The predicted molar refractivity (Wildman–Crippen MR) is 70.0 cm³/mol. The van der Waals surface area contributed by atoms with E-state index in [0.29, 0.717) is 10.8 Å². The third kappa shape index (κ3) is 5.95. The molecule has 0 fully saturated rings. The first-order valence-electron chi connectivity index (χ1n) is 5.77. The van der Waals surface area contributed by atoms with Gasteiger partial charge in [-0.3, -0.25) is 0 Å². The van der Waals surface area contributed by atoms with Crippen LogP contribution < -0.4 is 0 Å². The highest BCUT2D eigenvalue weighted by molar-refractivity contribution is 7.99. The van der Waals surface area contributed by atoms with Crippen LogP contribution in [0.2, 0.25) is 0 Å². The van der Waals surface area contributed by atoms with Crippen molar-refractivity contribution in [2.45, 2.75) is 54.9 Å². The summed E-state index contributed by atoms with van der Waals surface area (Å²) < 4.78 is 0. The Morgan fingerprint density at radius 2 is 1.50 bits per heavy atom. The van der Waals surface area contributed by atoms with Crippen LogP contribution in [0.5, 0.6) is 0 Å². The van der Waals surface area contributed by atoms with Crippen molar-refractivity contribution in [3.8, 4) is 0 Å². The molecule has 0 saturated heterocycles. The van der Waals surface area contributed by atoms with Crippen LogP contribution in [0.1, 0.15) is 54.9 Å². The first kappa shape index (κ1) is 14.3. The largest absolute Gasteiger partial charge is 0.161 e. The summed E-state index contributed by atoms with van der Waals surface area (Å²) in [5, 5.41) is 0. The average molecular weight is 216 g/mol. The van der Waals surface area contributed by atoms with Gasteiger partial charge in [-0.1, -0.05) is 54.9 Å². The molecular weight excluding hydrogens is 188 g/mol. The van der Waals surface area contributed by atoms with Crippen molar-refractivity contribution in [3.63, 3.8) is 0 Å². The van der Waals surface area contributed by atoms with Gasteiger partial charge in [-0.15, -0.1) is 0 Å². The Morgan fingerprint density at radius 1 is 1.00 bits per heavy atom. The van der Waals surface area contributed by atoms with Gasteiger partial charge in [0.15, 0.2) is 0 Å². The zero-order valence-electron chi connectivity index (χ0n) is 11.1. The normalized spacial score (nSPS) is 15.6. The molecule has 0 aromatic heterocycles. The lowest BCUT2D eigenvalue weighted by Gasteiger charge is -2.32. The monoisotopic (exact) mass is 216 g/mol. The zero-order chi connectivity index (χ0) is 11.4. The van der Waals surface area contributed by atoms with Crippen molar-refractivity contribution in [1.29, 1.82) is 0 Å². The van der Waals surface area contributed by atoms with Crippen molar-refractivity contribution in [1.82, 2.24) is 0 Å². The van der Waals surface area contributed by atoms with Crippen molar-refractivity contribution in [2.24, 2.45) is 16.7 Å². The Labute approximate surface area is 95.2 Å². The second kappa shape index (κ2) is 5.44. The van der Waals surface area contributed by atoms with Crippen LogP contribution in [0.3, 0.4) is 0 Å². The summed E-state index contributed by atoms with van der Waals surface area (Å²) in [6.07, 6.45) is 1.29. The van der Waals surface area contributed by atoms with Gasteiger partial charge in [0.05, 0.1) is 0 Å². The SMILES string of the molecule is CCC(C)C(C)(C)CSCC(C)(C)C. The summed E-state index contributed by atoms with van der Waals surface area (Å²) in [4.78, 5) is 0. The first-order valence-corrected chi connectivity index (χ1v) is 6.92. The number of thioether (sulfide) groups is 1. The van der Waals surface area contributed by atoms with E-state index in [2.05, 4.69) is 60.2 Å². The summed E-state index contributed by atoms with van der Waals surface area (Å²) in [5.41, 5.74) is 0.959. The summed E-state index contributed by atoms with van der Waals surface area (Å²) in [7, 11) is 0. The summed E-state index contributed by atoms with van der Waals surface area (Å²) in [6, 6.07) is 0. The van der Waals surface area contributed by atoms with E-state index in [-0.39, 0.29) is 0 Å². The lowest BCUT2D eigenvalue weighted by molar-refractivity contribution is 0.261. The van der Waals surface area contributed by atoms with Gasteiger partial charge in [0.1, 0.15) is 0 Å². The molecule has 0 heterocycles. The van der Waals surface area contributed by atoms with E-state index in [9.17, 15) is 0 Å². The molecule has 0 bridgehead atoms. The van der Waals surface area contributed by atoms with Gasteiger partial charge in [0, 0.05) is 0 Å². The fraction of sp³-hybridized carbons (Fsp3) is 1.00. The van der Waals surface area contributed by atoms with Crippen LogP contribution in [0.25, 0.3) is 0 Å². The van der Waals surface area contributed by atoms with Crippen LogP contribution in [-0.4, -0.2) is 11.5 Å². The Kier molecular flexibility index (Phi) is 5.57. The predicted octanol–water partition coefficient (Wildman–Crippen LogP) is 4.84. The van der Waals surface area contributed by atoms with Crippen molar-refractivity contribution in [2.75, 3.05) is 11.5 Å². The smallest absolute Gasteiger partial charge is 0.00133 e. The fourth-order valence-electron chi connectivity index (χ4n) is 1.32. The quantitative estimate of drug-likeness (QED) is 0.634. The molecule has 0 amide bonds. The van der Waals surface area contributed by atoms with Crippen molar-refractivity contribution < 1.29 is 0 Å². The molecule has 14 heavy (non-hydrogen) atoms. The molecule has 0 rings (SSSR count). The zero-order valence-corrected chi connectivity index (χ0v) is 11.9. The molecule has 0 saturated carbocycles. The van der Waals surface area contributed by atoms with E-state index >= 15 is 0 Å². The molecule has 0 nitrogen and oxygen atoms in total. The lowest BCUT2D eigenvalue weighted by atomic mass is 9.80. The number of rotatable bonds is 5. The van der Waals surface area contributed by atoms with Gasteiger partial charge >= 0.3 is 0 Å². The van der Waals surface area contributed by atoms with E-state index in [1.54, 1.807) is 0 Å². The van der Waals surface area contributed by atoms with Gasteiger partial charge in [0.25, 0.3) is 0 Å². The van der Waals surface area contributed by atoms with Crippen LogP contribution in [0.15, 0.2) is 0 Å². The van der Waals surface area contributed by atoms with Gasteiger partial charge in [0.2, 0.25) is 0 Å². The van der Waals surface area contributed by atoms with Gasteiger partial charge in [-0.25, -0.2) is 0 Å². The molecule has 1 heteroatoms. The molecule has 0 spiro atoms. The van der Waals surface area contributed by atoms with E-state index in [0.717, 1.165) is 5.92 Å². The molecule has 0 aliphatic heterocycles. The van der Waals surface area contributed by atoms with Crippen molar-refractivity contribution >= 4 is 11.8 Å². The molecule has 0 aliphatic rings. The van der Waals surface area contributed by atoms with Crippen LogP contribution in [0, 0.1) is 16.7 Å². The molecule has 86 valence electrons. The second-order valence-corrected chi connectivity index (χ2v) is 7.34. The Bertz CT molecular complexity index is 153. The summed E-state index contributed by atoms with van der Waals surface area (Å²) >= 11 is 2.11. The van der Waals surface area contributed by atoms with Crippen molar-refractivity contribution in [3.05, 3.63) is 0 Å². The molecule has 0 radical (unpaired) electrons. The third-order valence-electron chi connectivity index (χ3n) is 2.96. The van der Waals surface area contributed by atoms with E-state index in [4.69, 9.17) is 0 Å². The molecule has 1 atom stereocenters. The van der Waals surface area contributed by atoms with Crippen LogP contribution in [0.4, 0.5) is 0 Å². The Hall–Kier alpha value is 0.350. The number of hydrogen-bond donors (Lipinski definition) is 0. The molecule has 0 aliphatic carbocycles. The fourth-order valence-corrected chi connectivity index (χ4v) is 2.84. The van der Waals surface area contributed by atoms with Gasteiger partial charge in [-0.05, 0) is 28.3 Å². The second-order valence-electron chi connectivity index (χ2n) is 6.35. The molecule has 0 aromatic rings. The first-order chi connectivity index (χ1) is 6.19. The van der Waals surface area contributed by atoms with Gasteiger partial charge < -0.3 is 0 Å². The van der Waals surface area contributed by atoms with E-state index in [1.807, 2.05) is 0 Å². The third-order valence-corrected chi connectivity index (χ3v) is 4.97. The Balaban J connectivity index is 3.88. The maximum atomic E-state index is 2.40. The maximum absolute atomic E-state index is 2.40. The highest BCUT2D eigenvalue weighted by Crippen LogP contribution is 2.34. The molecule has 0 aromatic carbocycles. The maximum Gasteiger partial charge on any atom is -0.00133 e. The van der Waals surface area contributed by atoms with E-state index < -0.39 is 0 Å². The summed E-state index contributed by atoms with van der Waals surface area (Å²) in [6.45, 7) is 16.4. The van der Waals surface area contributed by atoms with Crippen LogP contribution in [-0.2, 0) is 0 Å². The minimum atomic E-state index is 0.468. The molecule has 0 N–H and O–H groups in total. The Morgan fingerprint density at radius 3 is 1.86 bits per heavy atom. The van der Waals surface area contributed by atoms with E-state index in [1.165, 1.54) is 17.9 Å². The van der Waals surface area contributed by atoms with Gasteiger partial charge in [-0.2, -0.15) is 11.8 Å². The highest BCUT2D eigenvalue weighted by atomic mass is 32.2. The molecule has 1 unspecified atom stereocenters. The minimum Gasteiger partial charge on any atom is -0.161 e. The topological polar surface area (TPSA) is 0 Å². The number of hydrogen-bond acceptors (Lipinski definition) is 1. The lowest BCUT2D eigenvalue weighted by Crippen LogP contribution is -2.25. The van der Waals surface area contributed by atoms with Crippen LogP contribution >= 0.6 is 11.8 Å². The average Bonchev–Trinajstić information content (AvgIpc) is 2.00. The minimum absolute atomic E-state index is 0.468. The molecular formula is C13H28S. The highest BCUT2D eigenvalue weighted by Gasteiger charge is 2.25.